The van der Waals surface area contributed by atoms with Gasteiger partial charge in [-0.15, -0.1) is 0 Å². The summed E-state index contributed by atoms with van der Waals surface area (Å²) in [6.45, 7) is 0.379. The molecule has 0 atom stereocenters. The fourth-order valence-corrected chi connectivity index (χ4v) is 2.61. The summed E-state index contributed by atoms with van der Waals surface area (Å²) in [7, 11) is 1.55. The normalized spacial score (nSPS) is 11.0. The molecule has 28 heavy (non-hydrogen) atoms. The summed E-state index contributed by atoms with van der Waals surface area (Å²) >= 11 is 6.05. The number of hydrogen-bond acceptors (Lipinski definition) is 4. The minimum absolute atomic E-state index is 0.304. The lowest BCUT2D eigenvalue weighted by Gasteiger charge is -2.12. The number of nitrogens with one attached hydrogen (secondary N) is 2. The topological polar surface area (TPSA) is 75.6 Å². The fraction of sp³-hybridized carbons (Fsp3) is 0.0952. The molecule has 0 aliphatic carbocycles. The SMILES string of the molecule is COc1cccc(C(=O)NC(=NCc2ccncc2)Nc2cccc(Cl)c2)c1. The number of methoxy groups -OCH3 is 1. The number of pyridine rings is 1. The third-order valence-electron chi connectivity index (χ3n) is 3.82. The van der Waals surface area contributed by atoms with Crippen molar-refractivity contribution in [1.82, 2.24) is 10.3 Å². The van der Waals surface area contributed by atoms with Crippen LogP contribution in [0.2, 0.25) is 5.02 Å². The second-order valence-corrected chi connectivity index (χ2v) is 6.28. The molecule has 0 fully saturated rings. The van der Waals surface area contributed by atoms with Crippen molar-refractivity contribution in [3.05, 3.63) is 89.2 Å². The van der Waals surface area contributed by atoms with Crippen LogP contribution in [-0.2, 0) is 6.54 Å². The van der Waals surface area contributed by atoms with Crippen LogP contribution in [-0.4, -0.2) is 24.0 Å². The standard InChI is InChI=1S/C21H19ClN4O2/c1-28-19-7-2-4-16(12-19)20(27)26-21(24-14-15-8-10-23-11-9-15)25-18-6-3-5-17(22)13-18/h2-13H,14H2,1H3,(H2,24,25,26,27). The molecule has 1 heterocycles. The summed E-state index contributed by atoms with van der Waals surface area (Å²) in [4.78, 5) is 21.2. The van der Waals surface area contributed by atoms with Crippen LogP contribution in [0.1, 0.15) is 15.9 Å². The Kier molecular flexibility index (Phi) is 6.59. The van der Waals surface area contributed by atoms with Crippen molar-refractivity contribution >= 4 is 29.2 Å². The summed E-state index contributed by atoms with van der Waals surface area (Å²) < 4.78 is 5.18. The van der Waals surface area contributed by atoms with Crippen molar-refractivity contribution < 1.29 is 9.53 Å². The van der Waals surface area contributed by atoms with Gasteiger partial charge in [-0.25, -0.2) is 4.99 Å². The molecule has 3 rings (SSSR count). The molecule has 1 aromatic heterocycles. The Morgan fingerprint density at radius 2 is 1.89 bits per heavy atom. The summed E-state index contributed by atoms with van der Waals surface area (Å²) in [5, 5.41) is 6.50. The van der Waals surface area contributed by atoms with E-state index in [1.165, 1.54) is 0 Å². The van der Waals surface area contributed by atoms with E-state index in [9.17, 15) is 4.79 Å². The second-order valence-electron chi connectivity index (χ2n) is 5.84. The smallest absolute Gasteiger partial charge is 0.258 e. The van der Waals surface area contributed by atoms with Crippen molar-refractivity contribution in [2.45, 2.75) is 6.54 Å². The van der Waals surface area contributed by atoms with Crippen LogP contribution in [0, 0.1) is 0 Å². The number of amides is 1. The lowest BCUT2D eigenvalue weighted by molar-refractivity contribution is 0.0976. The van der Waals surface area contributed by atoms with E-state index in [-0.39, 0.29) is 5.91 Å². The van der Waals surface area contributed by atoms with Crippen LogP contribution in [0.25, 0.3) is 0 Å². The Morgan fingerprint density at radius 1 is 1.11 bits per heavy atom. The number of carbonyl (C=O) groups excluding carboxylic acids is 1. The number of benzene rings is 2. The van der Waals surface area contributed by atoms with Crippen molar-refractivity contribution in [2.75, 3.05) is 12.4 Å². The number of anilines is 1. The van der Waals surface area contributed by atoms with Crippen molar-refractivity contribution in [2.24, 2.45) is 4.99 Å². The zero-order chi connectivity index (χ0) is 19.8. The predicted molar refractivity (Wildman–Crippen MR) is 111 cm³/mol. The fourth-order valence-electron chi connectivity index (χ4n) is 2.42. The first-order valence-electron chi connectivity index (χ1n) is 8.55. The van der Waals surface area contributed by atoms with E-state index in [0.29, 0.717) is 34.5 Å². The maximum absolute atomic E-state index is 12.7. The molecule has 1 amide bonds. The summed E-state index contributed by atoms with van der Waals surface area (Å²) in [5.74, 6) is 0.611. The molecule has 0 bridgehead atoms. The van der Waals surface area contributed by atoms with Gasteiger partial charge in [-0.2, -0.15) is 0 Å². The Hall–Kier alpha value is -3.38. The van der Waals surface area contributed by atoms with E-state index in [0.717, 1.165) is 5.56 Å². The maximum Gasteiger partial charge on any atom is 0.258 e. The van der Waals surface area contributed by atoms with Gasteiger partial charge in [0.2, 0.25) is 5.96 Å². The third kappa shape index (κ3) is 5.56. The van der Waals surface area contributed by atoms with Crippen LogP contribution in [0.4, 0.5) is 5.69 Å². The van der Waals surface area contributed by atoms with E-state index in [1.54, 1.807) is 55.9 Å². The molecular weight excluding hydrogens is 376 g/mol. The highest BCUT2D eigenvalue weighted by Crippen LogP contribution is 2.15. The van der Waals surface area contributed by atoms with Crippen LogP contribution < -0.4 is 15.4 Å². The van der Waals surface area contributed by atoms with Gasteiger partial charge in [0.15, 0.2) is 0 Å². The first kappa shape index (κ1) is 19.4. The van der Waals surface area contributed by atoms with E-state index in [2.05, 4.69) is 20.6 Å². The number of hydrogen-bond donors (Lipinski definition) is 2. The van der Waals surface area contributed by atoms with Gasteiger partial charge < -0.3 is 10.1 Å². The van der Waals surface area contributed by atoms with Gasteiger partial charge in [0, 0.05) is 28.7 Å². The van der Waals surface area contributed by atoms with E-state index in [4.69, 9.17) is 16.3 Å². The van der Waals surface area contributed by atoms with E-state index < -0.39 is 0 Å². The molecule has 2 N–H and O–H groups in total. The molecule has 0 unspecified atom stereocenters. The maximum atomic E-state index is 12.7. The highest BCUT2D eigenvalue weighted by atomic mass is 35.5. The Morgan fingerprint density at radius 3 is 2.64 bits per heavy atom. The minimum Gasteiger partial charge on any atom is -0.497 e. The van der Waals surface area contributed by atoms with Crippen LogP contribution in [0.3, 0.4) is 0 Å². The zero-order valence-corrected chi connectivity index (χ0v) is 16.0. The van der Waals surface area contributed by atoms with E-state index in [1.807, 2.05) is 24.3 Å². The number of ether oxygens (including phenoxy) is 1. The second kappa shape index (κ2) is 9.53. The van der Waals surface area contributed by atoms with Gasteiger partial charge in [0.1, 0.15) is 5.75 Å². The van der Waals surface area contributed by atoms with Crippen LogP contribution in [0.5, 0.6) is 5.75 Å². The number of nitrogens with zero attached hydrogens (tertiary/aromatic N) is 2. The molecule has 3 aromatic rings. The molecule has 0 aliphatic heterocycles. The van der Waals surface area contributed by atoms with Crippen molar-refractivity contribution in [3.8, 4) is 5.75 Å². The summed E-state index contributed by atoms with van der Waals surface area (Å²) in [6.07, 6.45) is 3.40. The molecule has 7 heteroatoms. The third-order valence-corrected chi connectivity index (χ3v) is 4.06. The number of rotatable bonds is 5. The number of aliphatic imine (C=N–C) groups is 1. The zero-order valence-electron chi connectivity index (χ0n) is 15.2. The van der Waals surface area contributed by atoms with Gasteiger partial charge >= 0.3 is 0 Å². The molecule has 6 nitrogen and oxygen atoms in total. The average molecular weight is 395 g/mol. The van der Waals surface area contributed by atoms with E-state index >= 15 is 0 Å². The molecule has 142 valence electrons. The summed E-state index contributed by atoms with van der Waals surface area (Å²) in [6, 6.07) is 17.8. The van der Waals surface area contributed by atoms with Crippen molar-refractivity contribution in [3.63, 3.8) is 0 Å². The quantitative estimate of drug-likeness (QED) is 0.503. The molecule has 0 saturated heterocycles. The average Bonchev–Trinajstić information content (AvgIpc) is 2.73. The Labute approximate surface area is 168 Å². The first-order valence-corrected chi connectivity index (χ1v) is 8.93. The predicted octanol–water partition coefficient (Wildman–Crippen LogP) is 4.14. The molecule has 0 radical (unpaired) electrons. The largest absolute Gasteiger partial charge is 0.497 e. The molecule has 0 saturated carbocycles. The highest BCUT2D eigenvalue weighted by Gasteiger charge is 2.10. The first-order chi connectivity index (χ1) is 13.6. The highest BCUT2D eigenvalue weighted by molar-refractivity contribution is 6.31. The van der Waals surface area contributed by atoms with Crippen molar-refractivity contribution in [1.29, 1.82) is 0 Å². The molecule has 0 aliphatic rings. The van der Waals surface area contributed by atoms with Crippen LogP contribution in [0.15, 0.2) is 78.0 Å². The number of guanidine groups is 1. The van der Waals surface area contributed by atoms with Gasteiger partial charge in [-0.1, -0.05) is 23.7 Å². The number of carbonyl (C=O) groups is 1. The van der Waals surface area contributed by atoms with Gasteiger partial charge in [0.05, 0.1) is 13.7 Å². The van der Waals surface area contributed by atoms with Gasteiger partial charge in [-0.3, -0.25) is 15.1 Å². The lowest BCUT2D eigenvalue weighted by Crippen LogP contribution is -2.36. The Bertz CT molecular complexity index is 977. The minimum atomic E-state index is -0.304. The summed E-state index contributed by atoms with van der Waals surface area (Å²) in [5.41, 5.74) is 2.15. The monoisotopic (exact) mass is 394 g/mol. The number of halogens is 1. The van der Waals surface area contributed by atoms with Crippen LogP contribution >= 0.6 is 11.6 Å². The number of aromatic nitrogens is 1. The molecular formula is C21H19ClN4O2. The molecule has 0 spiro atoms. The van der Waals surface area contributed by atoms with Gasteiger partial charge in [0.25, 0.3) is 5.91 Å². The molecule has 2 aromatic carbocycles. The Balaban J connectivity index is 1.81. The van der Waals surface area contributed by atoms with Gasteiger partial charge in [-0.05, 0) is 54.1 Å². The lowest BCUT2D eigenvalue weighted by atomic mass is 10.2.